The quantitative estimate of drug-likeness (QED) is 0.913. The van der Waals surface area contributed by atoms with Crippen molar-refractivity contribution in [2.45, 2.75) is 0 Å². The summed E-state index contributed by atoms with van der Waals surface area (Å²) in [6, 6.07) is 3.51. The number of hydrogen-bond donors (Lipinski definition) is 1. The monoisotopic (exact) mass is 290 g/mol. The number of thiophene rings is 1. The number of carbonyl (C=O) groups is 2. The molecule has 6 heteroatoms. The predicted molar refractivity (Wildman–Crippen MR) is 63.0 cm³/mol. The van der Waals surface area contributed by atoms with Crippen LogP contribution in [-0.2, 0) is 4.79 Å². The van der Waals surface area contributed by atoms with E-state index in [1.54, 1.807) is 26.2 Å². The zero-order chi connectivity index (χ0) is 11.4. The van der Waals surface area contributed by atoms with Crippen molar-refractivity contribution in [1.82, 2.24) is 10.2 Å². The summed E-state index contributed by atoms with van der Waals surface area (Å²) in [7, 11) is 3.30. The van der Waals surface area contributed by atoms with Gasteiger partial charge in [-0.15, -0.1) is 11.3 Å². The molecular weight excluding hydrogens is 280 g/mol. The van der Waals surface area contributed by atoms with Gasteiger partial charge < -0.3 is 10.2 Å². The van der Waals surface area contributed by atoms with Crippen LogP contribution >= 0.6 is 27.3 Å². The Balaban J connectivity index is 2.47. The molecule has 0 fully saturated rings. The highest BCUT2D eigenvalue weighted by atomic mass is 79.9. The van der Waals surface area contributed by atoms with Gasteiger partial charge in [-0.25, -0.2) is 0 Å². The second kappa shape index (κ2) is 5.27. The number of halogens is 1. The maximum absolute atomic E-state index is 11.5. The third-order valence-corrected chi connectivity index (χ3v) is 3.32. The summed E-state index contributed by atoms with van der Waals surface area (Å²) in [5, 5.41) is 2.55. The van der Waals surface area contributed by atoms with E-state index in [9.17, 15) is 9.59 Å². The highest BCUT2D eigenvalue weighted by molar-refractivity contribution is 9.11. The molecule has 15 heavy (non-hydrogen) atoms. The van der Waals surface area contributed by atoms with Crippen LogP contribution in [0.2, 0.25) is 0 Å². The number of rotatable bonds is 3. The second-order valence-corrected chi connectivity index (χ2v) is 5.54. The molecule has 2 amide bonds. The smallest absolute Gasteiger partial charge is 0.261 e. The highest BCUT2D eigenvalue weighted by Crippen LogP contribution is 2.21. The fourth-order valence-corrected chi connectivity index (χ4v) is 2.14. The number of hydrogen-bond acceptors (Lipinski definition) is 3. The standard InChI is InChI=1S/C9H11BrN2O2S/c1-12(2)8(13)5-11-9(14)6-3-4-7(10)15-6/h3-4H,5H2,1-2H3,(H,11,14). The predicted octanol–water partition coefficient (Wildman–Crippen LogP) is 1.33. The number of amides is 2. The van der Waals surface area contributed by atoms with Gasteiger partial charge in [-0.2, -0.15) is 0 Å². The topological polar surface area (TPSA) is 49.4 Å². The summed E-state index contributed by atoms with van der Waals surface area (Å²) in [5.74, 6) is -0.347. The van der Waals surface area contributed by atoms with E-state index < -0.39 is 0 Å². The summed E-state index contributed by atoms with van der Waals surface area (Å²) in [5.41, 5.74) is 0. The first-order valence-corrected chi connectivity index (χ1v) is 5.85. The summed E-state index contributed by atoms with van der Waals surface area (Å²) >= 11 is 4.60. The maximum atomic E-state index is 11.5. The largest absolute Gasteiger partial charge is 0.347 e. The molecular formula is C9H11BrN2O2S. The average molecular weight is 291 g/mol. The number of likely N-dealkylation sites (N-methyl/N-ethyl adjacent to an activating group) is 1. The van der Waals surface area contributed by atoms with Crippen molar-refractivity contribution in [3.8, 4) is 0 Å². The molecule has 0 unspecified atom stereocenters. The van der Waals surface area contributed by atoms with Gasteiger partial charge in [-0.1, -0.05) is 0 Å². The van der Waals surface area contributed by atoms with E-state index in [1.165, 1.54) is 16.2 Å². The second-order valence-electron chi connectivity index (χ2n) is 3.07. The molecule has 0 aliphatic carbocycles. The zero-order valence-corrected chi connectivity index (χ0v) is 10.8. The maximum Gasteiger partial charge on any atom is 0.261 e. The van der Waals surface area contributed by atoms with Crippen molar-refractivity contribution < 1.29 is 9.59 Å². The fourth-order valence-electron chi connectivity index (χ4n) is 0.837. The SMILES string of the molecule is CN(C)C(=O)CNC(=O)c1ccc(Br)s1. The average Bonchev–Trinajstić information content (AvgIpc) is 2.60. The van der Waals surface area contributed by atoms with E-state index in [-0.39, 0.29) is 18.4 Å². The number of carbonyl (C=O) groups excluding carboxylic acids is 2. The first-order chi connectivity index (χ1) is 7.00. The van der Waals surface area contributed by atoms with Crippen molar-refractivity contribution in [2.75, 3.05) is 20.6 Å². The first-order valence-electron chi connectivity index (χ1n) is 4.24. The van der Waals surface area contributed by atoms with Crippen LogP contribution in [0.1, 0.15) is 9.67 Å². The molecule has 4 nitrogen and oxygen atoms in total. The Morgan fingerprint density at radius 2 is 2.13 bits per heavy atom. The Morgan fingerprint density at radius 1 is 1.47 bits per heavy atom. The van der Waals surface area contributed by atoms with Gasteiger partial charge in [0.1, 0.15) is 0 Å². The van der Waals surface area contributed by atoms with E-state index in [2.05, 4.69) is 21.2 Å². The molecule has 0 aliphatic heterocycles. The van der Waals surface area contributed by atoms with Crippen molar-refractivity contribution in [3.63, 3.8) is 0 Å². The molecule has 0 bridgehead atoms. The van der Waals surface area contributed by atoms with Crippen LogP contribution in [-0.4, -0.2) is 37.4 Å². The minimum atomic E-state index is -0.221. The van der Waals surface area contributed by atoms with Crippen molar-refractivity contribution in [1.29, 1.82) is 0 Å². The van der Waals surface area contributed by atoms with Crippen LogP contribution in [0.3, 0.4) is 0 Å². The van der Waals surface area contributed by atoms with E-state index in [0.29, 0.717) is 4.88 Å². The molecule has 82 valence electrons. The Kier molecular flexibility index (Phi) is 4.28. The lowest BCUT2D eigenvalue weighted by molar-refractivity contribution is -0.127. The van der Waals surface area contributed by atoms with E-state index in [0.717, 1.165) is 3.79 Å². The van der Waals surface area contributed by atoms with Crippen molar-refractivity contribution in [3.05, 3.63) is 20.8 Å². The summed E-state index contributed by atoms with van der Waals surface area (Å²) < 4.78 is 0.895. The summed E-state index contributed by atoms with van der Waals surface area (Å²) in [6.07, 6.45) is 0. The van der Waals surface area contributed by atoms with Crippen molar-refractivity contribution in [2.24, 2.45) is 0 Å². The minimum Gasteiger partial charge on any atom is -0.347 e. The van der Waals surface area contributed by atoms with Crippen LogP contribution in [0.4, 0.5) is 0 Å². The number of nitrogens with zero attached hydrogens (tertiary/aromatic N) is 1. The van der Waals surface area contributed by atoms with Crippen LogP contribution in [0.5, 0.6) is 0 Å². The summed E-state index contributed by atoms with van der Waals surface area (Å²) in [4.78, 5) is 24.7. The molecule has 0 aromatic carbocycles. The molecule has 0 aliphatic rings. The lowest BCUT2D eigenvalue weighted by atomic mass is 10.4. The van der Waals surface area contributed by atoms with Gasteiger partial charge >= 0.3 is 0 Å². The lowest BCUT2D eigenvalue weighted by Gasteiger charge is -2.10. The lowest BCUT2D eigenvalue weighted by Crippen LogP contribution is -2.35. The summed E-state index contributed by atoms with van der Waals surface area (Å²) in [6.45, 7) is 0.0291. The van der Waals surface area contributed by atoms with E-state index >= 15 is 0 Å². The molecule has 1 rings (SSSR count). The molecule has 1 N–H and O–H groups in total. The molecule has 0 spiro atoms. The van der Waals surface area contributed by atoms with Crippen LogP contribution < -0.4 is 5.32 Å². The Bertz CT molecular complexity index is 376. The Labute approximate surface area is 100 Å². The number of nitrogens with one attached hydrogen (secondary N) is 1. The van der Waals surface area contributed by atoms with E-state index in [1.807, 2.05) is 0 Å². The first kappa shape index (κ1) is 12.2. The third kappa shape index (κ3) is 3.64. The van der Waals surface area contributed by atoms with Gasteiger partial charge in [-0.05, 0) is 28.1 Å². The highest BCUT2D eigenvalue weighted by Gasteiger charge is 2.10. The molecule has 0 radical (unpaired) electrons. The van der Waals surface area contributed by atoms with Gasteiger partial charge in [0.2, 0.25) is 5.91 Å². The molecule has 0 atom stereocenters. The minimum absolute atomic E-state index is 0.0291. The van der Waals surface area contributed by atoms with Crippen LogP contribution in [0.25, 0.3) is 0 Å². The Hall–Kier alpha value is -0.880. The van der Waals surface area contributed by atoms with Gasteiger partial charge in [-0.3, -0.25) is 9.59 Å². The van der Waals surface area contributed by atoms with Crippen molar-refractivity contribution >= 4 is 39.1 Å². The molecule has 1 aromatic heterocycles. The molecule has 1 aromatic rings. The van der Waals surface area contributed by atoms with Gasteiger partial charge in [0, 0.05) is 14.1 Å². The van der Waals surface area contributed by atoms with Gasteiger partial charge in [0.25, 0.3) is 5.91 Å². The van der Waals surface area contributed by atoms with E-state index in [4.69, 9.17) is 0 Å². The van der Waals surface area contributed by atoms with Gasteiger partial charge in [0.15, 0.2) is 0 Å². The zero-order valence-electron chi connectivity index (χ0n) is 8.41. The van der Waals surface area contributed by atoms with Gasteiger partial charge in [0.05, 0.1) is 15.2 Å². The molecule has 0 saturated heterocycles. The van der Waals surface area contributed by atoms with Crippen LogP contribution in [0, 0.1) is 0 Å². The third-order valence-electron chi connectivity index (χ3n) is 1.70. The fraction of sp³-hybridized carbons (Fsp3) is 0.333. The van der Waals surface area contributed by atoms with Crippen LogP contribution in [0.15, 0.2) is 15.9 Å². The molecule has 1 heterocycles. The Morgan fingerprint density at radius 3 is 2.60 bits per heavy atom. The molecule has 0 saturated carbocycles. The normalized spacial score (nSPS) is 9.80.